The van der Waals surface area contributed by atoms with Crippen LogP contribution in [-0.4, -0.2) is 46.3 Å². The fourth-order valence-corrected chi connectivity index (χ4v) is 2.78. The van der Waals surface area contributed by atoms with E-state index in [1.54, 1.807) is 12.4 Å². The van der Waals surface area contributed by atoms with Gasteiger partial charge in [-0.05, 0) is 12.5 Å². The molecule has 0 atom stereocenters. The highest BCUT2D eigenvalue weighted by Gasteiger charge is 2.19. The van der Waals surface area contributed by atoms with Crippen LogP contribution in [0.15, 0.2) is 18.5 Å². The summed E-state index contributed by atoms with van der Waals surface area (Å²) in [6, 6.07) is 1.83. The van der Waals surface area contributed by atoms with Crippen LogP contribution in [0.2, 0.25) is 0 Å². The Kier molecular flexibility index (Phi) is 3.41. The van der Waals surface area contributed by atoms with Crippen LogP contribution < -0.4 is 15.5 Å². The maximum atomic E-state index is 5.63. The van der Waals surface area contributed by atoms with Gasteiger partial charge >= 0.3 is 0 Å². The van der Waals surface area contributed by atoms with Gasteiger partial charge in [-0.2, -0.15) is 0 Å². The first-order valence-electron chi connectivity index (χ1n) is 6.19. The van der Waals surface area contributed by atoms with Crippen molar-refractivity contribution in [2.24, 2.45) is 0 Å². The van der Waals surface area contributed by atoms with Crippen molar-refractivity contribution in [3.05, 3.63) is 18.5 Å². The molecule has 0 aromatic carbocycles. The fourth-order valence-electron chi connectivity index (χ4n) is 2.12. The van der Waals surface area contributed by atoms with E-state index in [4.69, 9.17) is 5.73 Å². The van der Waals surface area contributed by atoms with Gasteiger partial charge in [-0.25, -0.2) is 9.97 Å². The summed E-state index contributed by atoms with van der Waals surface area (Å²) in [4.78, 5) is 13.0. The SMILES string of the molecule is Nc1nnc(N2CCCN(c3ncccn3)CC2)s1. The van der Waals surface area contributed by atoms with Crippen molar-refractivity contribution in [2.75, 3.05) is 41.7 Å². The third kappa shape index (κ3) is 2.73. The number of nitrogen functional groups attached to an aromatic ring is 1. The van der Waals surface area contributed by atoms with Crippen molar-refractivity contribution in [2.45, 2.75) is 6.42 Å². The van der Waals surface area contributed by atoms with E-state index in [2.05, 4.69) is 30.0 Å². The molecule has 0 amide bonds. The summed E-state index contributed by atoms with van der Waals surface area (Å²) < 4.78 is 0. The molecule has 2 aromatic heterocycles. The molecule has 100 valence electrons. The molecule has 19 heavy (non-hydrogen) atoms. The Hall–Kier alpha value is -1.96. The number of nitrogens with two attached hydrogens (primary N) is 1. The van der Waals surface area contributed by atoms with Gasteiger partial charge in [-0.15, -0.1) is 10.2 Å². The lowest BCUT2D eigenvalue weighted by Crippen LogP contribution is -2.31. The molecule has 0 unspecified atom stereocenters. The molecule has 1 saturated heterocycles. The molecule has 0 aliphatic carbocycles. The molecular weight excluding hydrogens is 262 g/mol. The molecule has 1 aliphatic heterocycles. The van der Waals surface area contributed by atoms with Crippen LogP contribution in [0.5, 0.6) is 0 Å². The van der Waals surface area contributed by atoms with E-state index in [9.17, 15) is 0 Å². The first kappa shape index (κ1) is 12.1. The van der Waals surface area contributed by atoms with Gasteiger partial charge in [-0.1, -0.05) is 11.3 Å². The maximum absolute atomic E-state index is 5.63. The fraction of sp³-hybridized carbons (Fsp3) is 0.455. The average Bonchev–Trinajstić information content (AvgIpc) is 2.74. The third-order valence-electron chi connectivity index (χ3n) is 3.03. The van der Waals surface area contributed by atoms with Crippen LogP contribution in [0.3, 0.4) is 0 Å². The van der Waals surface area contributed by atoms with E-state index in [-0.39, 0.29) is 0 Å². The van der Waals surface area contributed by atoms with Gasteiger partial charge in [0.1, 0.15) is 0 Å². The molecule has 1 aliphatic rings. The first-order valence-corrected chi connectivity index (χ1v) is 7.00. The van der Waals surface area contributed by atoms with Gasteiger partial charge in [0.15, 0.2) is 0 Å². The van der Waals surface area contributed by atoms with E-state index in [1.165, 1.54) is 11.3 Å². The predicted octanol–water partition coefficient (Wildman–Crippen LogP) is 0.627. The van der Waals surface area contributed by atoms with E-state index >= 15 is 0 Å². The summed E-state index contributed by atoms with van der Waals surface area (Å²) in [7, 11) is 0. The van der Waals surface area contributed by atoms with Gasteiger partial charge in [0.2, 0.25) is 16.2 Å². The van der Waals surface area contributed by atoms with Crippen LogP contribution in [0.4, 0.5) is 16.2 Å². The second kappa shape index (κ2) is 5.35. The first-order chi connectivity index (χ1) is 9.33. The molecule has 0 bridgehead atoms. The largest absolute Gasteiger partial charge is 0.374 e. The van der Waals surface area contributed by atoms with Crippen LogP contribution in [0.25, 0.3) is 0 Å². The maximum Gasteiger partial charge on any atom is 0.225 e. The number of aromatic nitrogens is 4. The minimum Gasteiger partial charge on any atom is -0.374 e. The van der Waals surface area contributed by atoms with E-state index in [0.717, 1.165) is 43.7 Å². The summed E-state index contributed by atoms with van der Waals surface area (Å²) in [5.41, 5.74) is 5.63. The number of hydrogen-bond acceptors (Lipinski definition) is 8. The highest BCUT2D eigenvalue weighted by atomic mass is 32.1. The van der Waals surface area contributed by atoms with Gasteiger partial charge in [0.25, 0.3) is 0 Å². The van der Waals surface area contributed by atoms with Crippen molar-refractivity contribution in [1.29, 1.82) is 0 Å². The van der Waals surface area contributed by atoms with Crippen LogP contribution in [-0.2, 0) is 0 Å². The van der Waals surface area contributed by atoms with Gasteiger partial charge in [0, 0.05) is 38.6 Å². The van der Waals surface area contributed by atoms with Gasteiger partial charge < -0.3 is 15.5 Å². The highest BCUT2D eigenvalue weighted by molar-refractivity contribution is 7.18. The Morgan fingerprint density at radius 3 is 2.47 bits per heavy atom. The topological polar surface area (TPSA) is 84.1 Å². The third-order valence-corrected chi connectivity index (χ3v) is 3.84. The zero-order chi connectivity index (χ0) is 13.1. The summed E-state index contributed by atoms with van der Waals surface area (Å²) >= 11 is 1.43. The molecule has 0 spiro atoms. The van der Waals surface area contributed by atoms with Crippen molar-refractivity contribution in [3.8, 4) is 0 Å². The molecule has 7 nitrogen and oxygen atoms in total. The van der Waals surface area contributed by atoms with Gasteiger partial charge in [-0.3, -0.25) is 0 Å². The Balaban J connectivity index is 1.69. The highest BCUT2D eigenvalue weighted by Crippen LogP contribution is 2.23. The lowest BCUT2D eigenvalue weighted by molar-refractivity contribution is 0.781. The average molecular weight is 277 g/mol. The second-order valence-electron chi connectivity index (χ2n) is 4.30. The van der Waals surface area contributed by atoms with Crippen molar-refractivity contribution in [3.63, 3.8) is 0 Å². The Morgan fingerprint density at radius 2 is 1.74 bits per heavy atom. The molecule has 3 heterocycles. The monoisotopic (exact) mass is 277 g/mol. The summed E-state index contributed by atoms with van der Waals surface area (Å²) in [5, 5.41) is 9.38. The summed E-state index contributed by atoms with van der Waals surface area (Å²) in [5.74, 6) is 0.793. The molecule has 2 aromatic rings. The van der Waals surface area contributed by atoms with Crippen molar-refractivity contribution >= 4 is 27.5 Å². The zero-order valence-corrected chi connectivity index (χ0v) is 11.3. The lowest BCUT2D eigenvalue weighted by atomic mass is 10.4. The number of hydrogen-bond donors (Lipinski definition) is 1. The predicted molar refractivity (Wildman–Crippen MR) is 75.4 cm³/mol. The molecule has 0 saturated carbocycles. The minimum absolute atomic E-state index is 0.516. The zero-order valence-electron chi connectivity index (χ0n) is 10.4. The van der Waals surface area contributed by atoms with E-state index in [1.807, 2.05) is 6.07 Å². The second-order valence-corrected chi connectivity index (χ2v) is 5.29. The van der Waals surface area contributed by atoms with Crippen molar-refractivity contribution in [1.82, 2.24) is 20.2 Å². The molecule has 3 rings (SSSR count). The lowest BCUT2D eigenvalue weighted by Gasteiger charge is -2.20. The van der Waals surface area contributed by atoms with Gasteiger partial charge in [0.05, 0.1) is 0 Å². The Bertz CT molecular complexity index is 529. The quantitative estimate of drug-likeness (QED) is 0.861. The molecule has 8 heteroatoms. The summed E-state index contributed by atoms with van der Waals surface area (Å²) in [6.07, 6.45) is 4.59. The number of anilines is 3. The Morgan fingerprint density at radius 1 is 1.00 bits per heavy atom. The van der Waals surface area contributed by atoms with Crippen molar-refractivity contribution < 1.29 is 0 Å². The smallest absolute Gasteiger partial charge is 0.225 e. The molecule has 2 N–H and O–H groups in total. The molecule has 1 fully saturated rings. The standard InChI is InChI=1S/C11H15N7S/c12-9-15-16-11(19-9)18-6-2-5-17(7-8-18)10-13-3-1-4-14-10/h1,3-4H,2,5-8H2,(H2,12,15). The minimum atomic E-state index is 0.516. The molecule has 0 radical (unpaired) electrons. The number of rotatable bonds is 2. The van der Waals surface area contributed by atoms with Crippen LogP contribution in [0, 0.1) is 0 Å². The van der Waals surface area contributed by atoms with Crippen LogP contribution >= 0.6 is 11.3 Å². The van der Waals surface area contributed by atoms with E-state index < -0.39 is 0 Å². The Labute approximate surface area is 115 Å². The van der Waals surface area contributed by atoms with Crippen LogP contribution in [0.1, 0.15) is 6.42 Å². The molecular formula is C11H15N7S. The van der Waals surface area contributed by atoms with E-state index in [0.29, 0.717) is 5.13 Å². The number of nitrogens with zero attached hydrogens (tertiary/aromatic N) is 6. The normalized spacial score (nSPS) is 16.4. The summed E-state index contributed by atoms with van der Waals surface area (Å²) in [6.45, 7) is 3.67.